The van der Waals surface area contributed by atoms with Crippen molar-refractivity contribution in [3.63, 3.8) is 0 Å². The zero-order valence-corrected chi connectivity index (χ0v) is 34.7. The van der Waals surface area contributed by atoms with Gasteiger partial charge in [0.15, 0.2) is 0 Å². The first kappa shape index (κ1) is 35.8. The minimum atomic E-state index is -0.425. The van der Waals surface area contributed by atoms with E-state index in [0.717, 1.165) is 25.7 Å². The Kier molecular flexibility index (Phi) is 8.19. The van der Waals surface area contributed by atoms with Crippen LogP contribution in [0.25, 0.3) is 46.6 Å². The summed E-state index contributed by atoms with van der Waals surface area (Å²) in [6.07, 6.45) is 13.4. The lowest BCUT2D eigenvalue weighted by Crippen LogP contribution is -2.26. The smallest absolute Gasteiger partial charge is 0.0725 e. The van der Waals surface area contributed by atoms with Crippen LogP contribution in [0, 0.1) is 0 Å². The van der Waals surface area contributed by atoms with Gasteiger partial charge >= 0.3 is 0 Å². The average molecular weight is 783 g/mol. The second kappa shape index (κ2) is 14.0. The molecule has 2 aliphatic heterocycles. The highest BCUT2D eigenvalue weighted by molar-refractivity contribution is 5.96. The molecule has 0 N–H and O–H groups in total. The Balaban J connectivity index is 0.940. The van der Waals surface area contributed by atoms with Gasteiger partial charge in [-0.05, 0) is 151 Å². The summed E-state index contributed by atoms with van der Waals surface area (Å²) in [6, 6.07) is 64.1. The number of nitrogens with zero attached hydrogens (tertiary/aromatic N) is 2. The van der Waals surface area contributed by atoms with E-state index in [0.29, 0.717) is 0 Å². The third-order valence-corrected chi connectivity index (χ3v) is 14.0. The van der Waals surface area contributed by atoms with Crippen molar-refractivity contribution in [3.05, 3.63) is 237 Å². The number of para-hydroxylation sites is 2. The van der Waals surface area contributed by atoms with Gasteiger partial charge < -0.3 is 9.80 Å². The van der Waals surface area contributed by atoms with Crippen LogP contribution in [-0.4, -0.2) is 14.1 Å². The van der Waals surface area contributed by atoms with Crippen LogP contribution in [-0.2, 0) is 31.1 Å². The second-order valence-corrected chi connectivity index (χ2v) is 17.3. The summed E-state index contributed by atoms with van der Waals surface area (Å²) in [5.74, 6) is 0. The lowest BCUT2D eigenvalue weighted by atomic mass is 9.70. The van der Waals surface area contributed by atoms with Crippen molar-refractivity contribution in [1.82, 2.24) is 0 Å². The number of fused-ring (bicyclic) bond motifs is 14. The zero-order chi connectivity index (χ0) is 40.7. The standard InChI is InChI=1S/C59H46N2/c1-60-55-17-9-3-11-43(55)29-31-45-27-23-41(37-57(45)60)21-19-39-25-33-49-50-34-26-40(20-22-42-24-28-46-32-30-44-12-4-10-18-56(44)61(2)58(46)38-42)36-54(50)59(53(49)35-39)51-15-7-5-13-47(51)48-14-6-8-16-52(48)59/h3-28,33-38H,29-32H2,1-2H3. The number of anilines is 4. The third-order valence-electron chi connectivity index (χ3n) is 14.0. The van der Waals surface area contributed by atoms with Gasteiger partial charge in [-0.3, -0.25) is 0 Å². The first-order valence-electron chi connectivity index (χ1n) is 21.8. The number of aryl methyl sites for hydroxylation is 4. The van der Waals surface area contributed by atoms with Crippen LogP contribution in [0.5, 0.6) is 0 Å². The van der Waals surface area contributed by atoms with Gasteiger partial charge in [0.05, 0.1) is 5.41 Å². The van der Waals surface area contributed by atoms with Gasteiger partial charge in [0.2, 0.25) is 0 Å². The molecule has 4 aliphatic rings. The van der Waals surface area contributed by atoms with E-state index in [2.05, 4.69) is 218 Å². The molecule has 0 unspecified atom stereocenters. The summed E-state index contributed by atoms with van der Waals surface area (Å²) >= 11 is 0. The number of benzene rings is 8. The summed E-state index contributed by atoms with van der Waals surface area (Å²) in [7, 11) is 4.42. The third kappa shape index (κ3) is 5.55. The summed E-state index contributed by atoms with van der Waals surface area (Å²) in [6.45, 7) is 0. The fourth-order valence-corrected chi connectivity index (χ4v) is 11.1. The van der Waals surface area contributed by atoms with Gasteiger partial charge in [-0.2, -0.15) is 0 Å². The van der Waals surface area contributed by atoms with Crippen molar-refractivity contribution in [2.24, 2.45) is 0 Å². The van der Waals surface area contributed by atoms with E-state index < -0.39 is 5.41 Å². The first-order chi connectivity index (χ1) is 30.0. The summed E-state index contributed by atoms with van der Waals surface area (Å²) in [5.41, 5.74) is 25.9. The highest BCUT2D eigenvalue weighted by atomic mass is 15.1. The molecule has 0 atom stereocenters. The molecule has 0 aromatic heterocycles. The van der Waals surface area contributed by atoms with Gasteiger partial charge in [-0.1, -0.05) is 158 Å². The molecule has 61 heavy (non-hydrogen) atoms. The molecule has 2 heterocycles. The van der Waals surface area contributed by atoms with Crippen molar-refractivity contribution in [2.45, 2.75) is 31.1 Å². The van der Waals surface area contributed by atoms with Gasteiger partial charge in [-0.15, -0.1) is 0 Å². The Hall–Kier alpha value is -7.16. The molecule has 8 aromatic rings. The van der Waals surface area contributed by atoms with Gasteiger partial charge in [-0.25, -0.2) is 0 Å². The van der Waals surface area contributed by atoms with Crippen molar-refractivity contribution in [2.75, 3.05) is 23.9 Å². The van der Waals surface area contributed by atoms with Gasteiger partial charge in [0, 0.05) is 36.8 Å². The van der Waals surface area contributed by atoms with E-state index in [1.54, 1.807) is 0 Å². The summed E-state index contributed by atoms with van der Waals surface area (Å²) in [4.78, 5) is 4.74. The molecule has 0 bridgehead atoms. The molecule has 2 aliphatic carbocycles. The Labute approximate surface area is 359 Å². The van der Waals surface area contributed by atoms with E-state index >= 15 is 0 Å². The van der Waals surface area contributed by atoms with Crippen LogP contribution < -0.4 is 9.80 Å². The van der Waals surface area contributed by atoms with Crippen LogP contribution in [0.15, 0.2) is 170 Å². The first-order valence-corrected chi connectivity index (χ1v) is 21.8. The van der Waals surface area contributed by atoms with Crippen molar-refractivity contribution in [3.8, 4) is 22.3 Å². The SMILES string of the molecule is CN1c2ccccc2CCc2ccc(C=Cc3ccc4c(c3)C3(c5ccccc5-c5ccccc53)c3cc(C=Cc5ccc6c(c5)N(C)c5ccccc5CC6)ccc3-4)cc21. The summed E-state index contributed by atoms with van der Waals surface area (Å²) < 4.78 is 0. The molecule has 12 rings (SSSR count). The van der Waals surface area contributed by atoms with Crippen molar-refractivity contribution in [1.29, 1.82) is 0 Å². The predicted molar refractivity (Wildman–Crippen MR) is 257 cm³/mol. The number of hydrogen-bond donors (Lipinski definition) is 0. The lowest BCUT2D eigenvalue weighted by Gasteiger charge is -2.30. The molecule has 8 aromatic carbocycles. The van der Waals surface area contributed by atoms with Gasteiger partial charge in [0.1, 0.15) is 0 Å². The van der Waals surface area contributed by atoms with Crippen molar-refractivity contribution >= 4 is 47.1 Å². The minimum Gasteiger partial charge on any atom is -0.344 e. The minimum absolute atomic E-state index is 0.425. The van der Waals surface area contributed by atoms with E-state index in [1.807, 2.05) is 0 Å². The maximum absolute atomic E-state index is 2.47. The van der Waals surface area contributed by atoms with Gasteiger partial charge in [0.25, 0.3) is 0 Å². The highest BCUT2D eigenvalue weighted by Crippen LogP contribution is 2.63. The molecule has 0 amide bonds. The Bertz CT molecular complexity index is 2930. The molecular weight excluding hydrogens is 737 g/mol. The largest absolute Gasteiger partial charge is 0.344 e. The van der Waals surface area contributed by atoms with Crippen LogP contribution >= 0.6 is 0 Å². The molecule has 0 saturated carbocycles. The van der Waals surface area contributed by atoms with E-state index in [4.69, 9.17) is 0 Å². The fraction of sp³-hybridized carbons (Fsp3) is 0.119. The molecule has 1 spiro atoms. The Morgan fingerprint density at radius 3 is 1.13 bits per heavy atom. The molecule has 2 heteroatoms. The van der Waals surface area contributed by atoms with Crippen LogP contribution in [0.2, 0.25) is 0 Å². The van der Waals surface area contributed by atoms with Crippen LogP contribution in [0.4, 0.5) is 22.7 Å². The molecular formula is C59H46N2. The van der Waals surface area contributed by atoms with E-state index in [-0.39, 0.29) is 0 Å². The van der Waals surface area contributed by atoms with E-state index in [9.17, 15) is 0 Å². The Morgan fingerprint density at radius 2 is 0.672 bits per heavy atom. The van der Waals surface area contributed by atoms with E-state index in [1.165, 1.54) is 112 Å². The highest BCUT2D eigenvalue weighted by Gasteiger charge is 2.51. The van der Waals surface area contributed by atoms with Crippen molar-refractivity contribution < 1.29 is 0 Å². The normalized spacial score (nSPS) is 15.0. The zero-order valence-electron chi connectivity index (χ0n) is 34.7. The monoisotopic (exact) mass is 782 g/mol. The quantitative estimate of drug-likeness (QED) is 0.164. The van der Waals surface area contributed by atoms with Crippen LogP contribution in [0.1, 0.15) is 66.8 Å². The predicted octanol–water partition coefficient (Wildman–Crippen LogP) is 14.1. The molecule has 0 fully saturated rings. The number of rotatable bonds is 4. The Morgan fingerprint density at radius 1 is 0.328 bits per heavy atom. The second-order valence-electron chi connectivity index (χ2n) is 17.3. The topological polar surface area (TPSA) is 6.48 Å². The molecule has 0 saturated heterocycles. The lowest BCUT2D eigenvalue weighted by molar-refractivity contribution is 0.793. The maximum Gasteiger partial charge on any atom is 0.0725 e. The fourth-order valence-electron chi connectivity index (χ4n) is 11.1. The number of hydrogen-bond acceptors (Lipinski definition) is 2. The molecule has 2 nitrogen and oxygen atoms in total. The average Bonchev–Trinajstić information content (AvgIpc) is 3.66. The van der Waals surface area contributed by atoms with Crippen LogP contribution in [0.3, 0.4) is 0 Å². The molecule has 292 valence electrons. The molecule has 0 radical (unpaired) electrons. The maximum atomic E-state index is 2.47. The summed E-state index contributed by atoms with van der Waals surface area (Å²) in [5, 5.41) is 0.